The van der Waals surface area contributed by atoms with Crippen molar-refractivity contribution in [3.8, 4) is 23.0 Å². The molecule has 0 bridgehead atoms. The third kappa shape index (κ3) is 10.7. The highest BCUT2D eigenvalue weighted by molar-refractivity contribution is 6.34. The number of carbonyl (C=O) groups is 2. The van der Waals surface area contributed by atoms with Crippen molar-refractivity contribution in [3.05, 3.63) is 183 Å². The lowest BCUT2D eigenvalue weighted by Gasteiger charge is -2.41. The van der Waals surface area contributed by atoms with Gasteiger partial charge in [-0.2, -0.15) is 26.3 Å². The quantitative estimate of drug-likeness (QED) is 0.0835. The van der Waals surface area contributed by atoms with E-state index < -0.39 is 75.1 Å². The number of alkyl halides is 6. The van der Waals surface area contributed by atoms with E-state index in [1.807, 2.05) is 0 Å². The molecule has 0 saturated heterocycles. The van der Waals surface area contributed by atoms with Crippen molar-refractivity contribution in [1.29, 1.82) is 0 Å². The maximum absolute atomic E-state index is 16.2. The number of nitrogens with zero attached hydrogens (tertiary/aromatic N) is 2. The zero-order valence-corrected chi connectivity index (χ0v) is 41.5. The van der Waals surface area contributed by atoms with Gasteiger partial charge in [0.25, 0.3) is 11.1 Å². The number of ether oxygens (including phenoxy) is 4. The van der Waals surface area contributed by atoms with Gasteiger partial charge in [-0.25, -0.2) is 9.59 Å². The number of benzene rings is 4. The molecule has 0 amide bonds. The second-order valence-corrected chi connectivity index (χ2v) is 18.2. The van der Waals surface area contributed by atoms with Gasteiger partial charge in [-0.05, 0) is 105 Å². The molecule has 4 aromatic carbocycles. The Balaban J connectivity index is 1.36. The van der Waals surface area contributed by atoms with E-state index in [2.05, 4.69) is 0 Å². The van der Waals surface area contributed by atoms with Crippen molar-refractivity contribution in [2.45, 2.75) is 70.0 Å². The van der Waals surface area contributed by atoms with Crippen LogP contribution >= 0.6 is 46.4 Å². The number of hydrogen-bond donors (Lipinski definition) is 1. The van der Waals surface area contributed by atoms with E-state index >= 15 is 13.2 Å². The molecule has 6 aromatic rings. The van der Waals surface area contributed by atoms with Crippen LogP contribution in [0.4, 0.5) is 26.3 Å². The summed E-state index contributed by atoms with van der Waals surface area (Å²) in [4.78, 5) is 51.8. The summed E-state index contributed by atoms with van der Waals surface area (Å²) in [7, 11) is 2.46. The predicted octanol–water partition coefficient (Wildman–Crippen LogP) is 13.0. The van der Waals surface area contributed by atoms with E-state index in [1.54, 1.807) is 6.92 Å². The minimum absolute atomic E-state index is 0.00848. The Hall–Kier alpha value is -5.98. The first-order valence-electron chi connectivity index (χ1n) is 21.2. The topological polar surface area (TPSA) is 135 Å². The van der Waals surface area contributed by atoms with Gasteiger partial charge < -0.3 is 33.2 Å². The molecule has 71 heavy (non-hydrogen) atoms. The van der Waals surface area contributed by atoms with Crippen molar-refractivity contribution in [1.82, 2.24) is 9.13 Å². The van der Waals surface area contributed by atoms with Gasteiger partial charge in [0.15, 0.2) is 5.60 Å². The molecular weight excluding hydrogens is 1030 g/mol. The predicted molar refractivity (Wildman–Crippen MR) is 255 cm³/mol. The summed E-state index contributed by atoms with van der Waals surface area (Å²) >= 11 is 25.9. The molecule has 0 aliphatic rings. The Bertz CT molecular complexity index is 3130. The molecular formula is C50H42Cl4F6N2O9. The van der Waals surface area contributed by atoms with E-state index in [1.165, 1.54) is 76.5 Å². The summed E-state index contributed by atoms with van der Waals surface area (Å²) in [5.74, 6) is -6.13. The van der Waals surface area contributed by atoms with Crippen LogP contribution in [0.2, 0.25) is 20.1 Å². The largest absolute Gasteiger partial charge is 0.462 e. The molecule has 376 valence electrons. The molecule has 0 aliphatic carbocycles. The molecule has 1 N–H and O–H groups in total. The summed E-state index contributed by atoms with van der Waals surface area (Å²) in [6.07, 6.45) is -8.94. The van der Waals surface area contributed by atoms with E-state index in [9.17, 15) is 37.5 Å². The number of aromatic nitrogens is 2. The van der Waals surface area contributed by atoms with Gasteiger partial charge in [-0.1, -0.05) is 72.4 Å². The van der Waals surface area contributed by atoms with Gasteiger partial charge in [0.05, 0.1) is 27.8 Å². The molecule has 0 fully saturated rings. The number of esters is 2. The molecule has 0 spiro atoms. The molecule has 4 unspecified atom stereocenters. The molecule has 4 atom stereocenters. The smallest absolute Gasteiger partial charge is 0.433 e. The number of hydrogen-bond acceptors (Lipinski definition) is 9. The number of aliphatic hydroxyl groups is 1. The second kappa shape index (κ2) is 20.6. The first-order chi connectivity index (χ1) is 33.0. The van der Waals surface area contributed by atoms with Gasteiger partial charge in [0.1, 0.15) is 23.0 Å². The molecule has 2 heterocycles. The summed E-state index contributed by atoms with van der Waals surface area (Å²) < 4.78 is 117. The van der Waals surface area contributed by atoms with Crippen LogP contribution in [0, 0.1) is 13.8 Å². The highest BCUT2D eigenvalue weighted by atomic mass is 35.5. The SMILES string of the molecule is CCOC(=O)c1cc(Oc2ccc(C(C)C(OC(=O)c3cc(Oc4ccc(C(C)C(O)(c5cc(C)c(=O)n(C)c5)C(F)(F)F)c(Cl)c4)ccc3Cl)(c3cc(C)c(=O)n(C)c3)C(F)(F)F)c(Cl)c2)ccc1Cl. The third-order valence-corrected chi connectivity index (χ3v) is 13.2. The van der Waals surface area contributed by atoms with E-state index in [0.717, 1.165) is 71.8 Å². The number of aryl methyl sites for hydroxylation is 4. The average Bonchev–Trinajstić information content (AvgIpc) is 3.28. The number of pyridine rings is 2. The average molecular weight is 1070 g/mol. The van der Waals surface area contributed by atoms with Crippen molar-refractivity contribution in [2.75, 3.05) is 6.61 Å². The third-order valence-electron chi connectivity index (χ3n) is 11.9. The highest BCUT2D eigenvalue weighted by Gasteiger charge is 2.64. The van der Waals surface area contributed by atoms with Crippen LogP contribution in [-0.4, -0.2) is 45.1 Å². The van der Waals surface area contributed by atoms with Gasteiger partial charge >= 0.3 is 24.3 Å². The maximum atomic E-state index is 16.2. The van der Waals surface area contributed by atoms with E-state index in [-0.39, 0.29) is 77.5 Å². The molecule has 0 saturated carbocycles. The van der Waals surface area contributed by atoms with Crippen LogP contribution < -0.4 is 20.6 Å². The minimum Gasteiger partial charge on any atom is -0.462 e. The molecule has 0 aliphatic heterocycles. The van der Waals surface area contributed by atoms with Crippen LogP contribution in [0.15, 0.2) is 107 Å². The van der Waals surface area contributed by atoms with Crippen molar-refractivity contribution in [3.63, 3.8) is 0 Å². The first-order valence-corrected chi connectivity index (χ1v) is 22.7. The van der Waals surface area contributed by atoms with Crippen LogP contribution in [0.1, 0.15) is 86.7 Å². The van der Waals surface area contributed by atoms with Gasteiger partial charge in [-0.3, -0.25) is 9.59 Å². The molecule has 11 nitrogen and oxygen atoms in total. The maximum Gasteiger partial charge on any atom is 0.433 e. The molecule has 2 aromatic heterocycles. The highest BCUT2D eigenvalue weighted by Crippen LogP contribution is 2.54. The molecule has 6 rings (SSSR count). The summed E-state index contributed by atoms with van der Waals surface area (Å²) in [6.45, 7) is 6.47. The normalized spacial score (nSPS) is 14.5. The van der Waals surface area contributed by atoms with Crippen molar-refractivity contribution in [2.24, 2.45) is 14.1 Å². The summed E-state index contributed by atoms with van der Waals surface area (Å²) in [5, 5.41) is 10.5. The molecule has 21 heteroatoms. The van der Waals surface area contributed by atoms with Gasteiger partial charge in [0.2, 0.25) is 5.60 Å². The fraction of sp³-hybridized carbons (Fsp3) is 0.280. The molecule has 0 radical (unpaired) electrons. The summed E-state index contributed by atoms with van der Waals surface area (Å²) in [6, 6.07) is 16.6. The number of halogens is 10. The zero-order chi connectivity index (χ0) is 52.7. The van der Waals surface area contributed by atoms with Crippen molar-refractivity contribution < 1.29 is 60.0 Å². The summed E-state index contributed by atoms with van der Waals surface area (Å²) in [5.41, 5.74) is -10.8. The lowest BCUT2D eigenvalue weighted by molar-refractivity contribution is -0.274. The Morgan fingerprint density at radius 3 is 1.42 bits per heavy atom. The fourth-order valence-electron chi connectivity index (χ4n) is 8.11. The van der Waals surface area contributed by atoms with Crippen LogP contribution in [0.3, 0.4) is 0 Å². The lowest BCUT2D eigenvalue weighted by Crippen LogP contribution is -2.51. The van der Waals surface area contributed by atoms with Crippen LogP contribution in [-0.2, 0) is 34.8 Å². The Morgan fingerprint density at radius 1 is 0.592 bits per heavy atom. The van der Waals surface area contributed by atoms with Gasteiger partial charge in [0, 0.05) is 70.6 Å². The van der Waals surface area contributed by atoms with Crippen LogP contribution in [0.25, 0.3) is 0 Å². The monoisotopic (exact) mass is 1070 g/mol. The van der Waals surface area contributed by atoms with Crippen LogP contribution in [0.5, 0.6) is 23.0 Å². The minimum atomic E-state index is -5.44. The van der Waals surface area contributed by atoms with Crippen molar-refractivity contribution >= 4 is 58.3 Å². The van der Waals surface area contributed by atoms with Gasteiger partial charge in [-0.15, -0.1) is 0 Å². The van der Waals surface area contributed by atoms with E-state index in [4.69, 9.17) is 65.4 Å². The zero-order valence-electron chi connectivity index (χ0n) is 38.5. The number of carbonyl (C=O) groups excluding carboxylic acids is 2. The second-order valence-electron chi connectivity index (χ2n) is 16.6. The van der Waals surface area contributed by atoms with E-state index in [0.29, 0.717) is 0 Å². The Morgan fingerprint density at radius 2 is 1.00 bits per heavy atom. The Labute approximate surface area is 422 Å². The standard InChI is InChI=1S/C50H42Cl4F6N2O9/c1-8-68-45(65)37-19-31(11-15-39(37)51)69-34-10-14-36(42(54)22-34)28(5)48(50(58,59)60,30-18-26(3)44(64)62(7)24-30)71-46(66)38-20-32(12-16-40(38)52)70-33-9-13-35(41(53)21-33)27(4)47(67,49(55,56)57)29-17-25(2)43(63)61(6)23-29/h9-24,27-28,67H,8H2,1-7H3. The first kappa shape index (κ1) is 54.4. The number of rotatable bonds is 14. The Kier molecular flexibility index (Phi) is 15.8. The lowest BCUT2D eigenvalue weighted by atomic mass is 9.77. The fourth-order valence-corrected chi connectivity index (χ4v) is 9.17.